The topological polar surface area (TPSA) is 83.5 Å². The van der Waals surface area contributed by atoms with Gasteiger partial charge in [-0.3, -0.25) is 4.79 Å². The van der Waals surface area contributed by atoms with Crippen molar-refractivity contribution in [3.63, 3.8) is 0 Å². The lowest BCUT2D eigenvalue weighted by atomic mass is 10.4. The minimum absolute atomic E-state index is 0.107. The molecular weight excluding hydrogens is 170 g/mol. The van der Waals surface area contributed by atoms with E-state index in [9.17, 15) is 13.2 Å². The summed E-state index contributed by atoms with van der Waals surface area (Å²) in [5.41, 5.74) is 0. The molecule has 0 amide bonds. The van der Waals surface area contributed by atoms with Gasteiger partial charge in [0.15, 0.2) is 0 Å². The second-order valence-corrected chi connectivity index (χ2v) is 4.12. The van der Waals surface area contributed by atoms with Gasteiger partial charge in [0.1, 0.15) is 6.04 Å². The molecule has 0 rings (SSSR count). The third-order valence-corrected chi connectivity index (χ3v) is 2.58. The van der Waals surface area contributed by atoms with Crippen molar-refractivity contribution in [2.45, 2.75) is 19.9 Å². The van der Waals surface area contributed by atoms with Crippen molar-refractivity contribution >= 4 is 16.0 Å². The second kappa shape index (κ2) is 3.68. The van der Waals surface area contributed by atoms with Crippen LogP contribution >= 0.6 is 0 Å². The van der Waals surface area contributed by atoms with Crippen molar-refractivity contribution < 1.29 is 18.3 Å². The van der Waals surface area contributed by atoms with Gasteiger partial charge in [-0.25, -0.2) is 13.1 Å². The van der Waals surface area contributed by atoms with Gasteiger partial charge >= 0.3 is 5.97 Å². The molecule has 66 valence electrons. The van der Waals surface area contributed by atoms with Gasteiger partial charge in [-0.1, -0.05) is 0 Å². The number of carbonyl (C=O) groups is 1. The summed E-state index contributed by atoms with van der Waals surface area (Å²) in [6.07, 6.45) is 0. The summed E-state index contributed by atoms with van der Waals surface area (Å²) >= 11 is 0. The Balaban J connectivity index is 4.16. The minimum atomic E-state index is -3.39. The third-order valence-electron chi connectivity index (χ3n) is 1.11. The van der Waals surface area contributed by atoms with E-state index in [0.717, 1.165) is 0 Å². The molecule has 0 aliphatic carbocycles. The highest BCUT2D eigenvalue weighted by Crippen LogP contribution is 1.88. The lowest BCUT2D eigenvalue weighted by molar-refractivity contribution is -0.138. The summed E-state index contributed by atoms with van der Waals surface area (Å²) in [7, 11) is -3.39. The van der Waals surface area contributed by atoms with Crippen LogP contribution in [0, 0.1) is 0 Å². The van der Waals surface area contributed by atoms with Crippen LogP contribution in [0.25, 0.3) is 0 Å². The van der Waals surface area contributed by atoms with Crippen LogP contribution in [0.1, 0.15) is 13.8 Å². The molecule has 0 radical (unpaired) electrons. The third kappa shape index (κ3) is 3.94. The molecule has 0 aromatic heterocycles. The molecule has 0 spiro atoms. The Labute approximate surface area is 65.5 Å². The number of hydrogen-bond acceptors (Lipinski definition) is 3. The van der Waals surface area contributed by atoms with Gasteiger partial charge in [0, 0.05) is 0 Å². The predicted octanol–water partition coefficient (Wildman–Crippen LogP) is -0.601. The monoisotopic (exact) mass is 181 g/mol. The molecular formula is C5H11NO4S. The number of rotatable bonds is 4. The van der Waals surface area contributed by atoms with Crippen molar-refractivity contribution in [2.75, 3.05) is 5.75 Å². The van der Waals surface area contributed by atoms with E-state index >= 15 is 0 Å². The van der Waals surface area contributed by atoms with Gasteiger partial charge in [-0.15, -0.1) is 0 Å². The van der Waals surface area contributed by atoms with Gasteiger partial charge in [0.25, 0.3) is 0 Å². The molecule has 0 saturated carbocycles. The Morgan fingerprint density at radius 1 is 1.64 bits per heavy atom. The highest BCUT2D eigenvalue weighted by atomic mass is 32.2. The molecule has 6 heteroatoms. The normalized spacial score (nSPS) is 14.4. The van der Waals surface area contributed by atoms with Crippen LogP contribution < -0.4 is 4.72 Å². The predicted molar refractivity (Wildman–Crippen MR) is 39.7 cm³/mol. The van der Waals surface area contributed by atoms with Crippen LogP contribution in [-0.4, -0.2) is 31.3 Å². The maximum Gasteiger partial charge on any atom is 0.321 e. The number of carboxylic acid groups (broad SMARTS) is 1. The van der Waals surface area contributed by atoms with E-state index in [4.69, 9.17) is 5.11 Å². The molecule has 0 aromatic carbocycles. The van der Waals surface area contributed by atoms with Crippen molar-refractivity contribution in [2.24, 2.45) is 0 Å². The zero-order chi connectivity index (χ0) is 9.07. The Morgan fingerprint density at radius 2 is 2.09 bits per heavy atom. The molecule has 0 heterocycles. The van der Waals surface area contributed by atoms with Crippen molar-refractivity contribution in [1.82, 2.24) is 4.72 Å². The molecule has 0 aromatic rings. The average Bonchev–Trinajstić information content (AvgIpc) is 1.87. The van der Waals surface area contributed by atoms with Gasteiger partial charge in [0.05, 0.1) is 5.75 Å². The number of nitrogens with one attached hydrogen (secondary N) is 1. The van der Waals surface area contributed by atoms with Crippen molar-refractivity contribution in [3.05, 3.63) is 0 Å². The maximum absolute atomic E-state index is 10.7. The summed E-state index contributed by atoms with van der Waals surface area (Å²) < 4.78 is 23.5. The first-order chi connectivity index (χ1) is 4.89. The van der Waals surface area contributed by atoms with Crippen LogP contribution in [0.2, 0.25) is 0 Å². The molecule has 0 unspecified atom stereocenters. The van der Waals surface area contributed by atoms with E-state index in [1.54, 1.807) is 0 Å². The lowest BCUT2D eigenvalue weighted by Gasteiger charge is -2.07. The van der Waals surface area contributed by atoms with E-state index in [2.05, 4.69) is 0 Å². The van der Waals surface area contributed by atoms with E-state index in [-0.39, 0.29) is 5.75 Å². The zero-order valence-electron chi connectivity index (χ0n) is 6.36. The van der Waals surface area contributed by atoms with Crippen LogP contribution in [0.3, 0.4) is 0 Å². The number of sulfonamides is 1. The van der Waals surface area contributed by atoms with Crippen LogP contribution in [-0.2, 0) is 14.8 Å². The first-order valence-electron chi connectivity index (χ1n) is 3.12. The summed E-state index contributed by atoms with van der Waals surface area (Å²) in [4.78, 5) is 10.2. The number of aliphatic carboxylic acids is 1. The van der Waals surface area contributed by atoms with Gasteiger partial charge in [-0.2, -0.15) is 0 Å². The molecule has 0 bridgehead atoms. The Kier molecular flexibility index (Phi) is 3.47. The second-order valence-electron chi connectivity index (χ2n) is 2.08. The SMILES string of the molecule is CCS(=O)(=O)N[C@@H](C)C(=O)O. The van der Waals surface area contributed by atoms with Gasteiger partial charge in [-0.05, 0) is 13.8 Å². The fourth-order valence-electron chi connectivity index (χ4n) is 0.403. The van der Waals surface area contributed by atoms with E-state index in [0.29, 0.717) is 0 Å². The van der Waals surface area contributed by atoms with Crippen LogP contribution in [0.5, 0.6) is 0 Å². The summed E-state index contributed by atoms with van der Waals surface area (Å²) in [5.74, 6) is -1.29. The standard InChI is InChI=1S/C5H11NO4S/c1-3-11(9,10)6-4(2)5(7)8/h4,6H,3H2,1-2H3,(H,7,8)/t4-/m0/s1. The molecule has 2 N–H and O–H groups in total. The maximum atomic E-state index is 10.7. The Hall–Kier alpha value is -0.620. The van der Waals surface area contributed by atoms with Crippen LogP contribution in [0.15, 0.2) is 0 Å². The number of hydrogen-bond donors (Lipinski definition) is 2. The Bertz CT molecular complexity index is 233. The summed E-state index contributed by atoms with van der Waals surface area (Å²) in [5, 5.41) is 8.31. The average molecular weight is 181 g/mol. The van der Waals surface area contributed by atoms with E-state index in [1.807, 2.05) is 4.72 Å². The van der Waals surface area contributed by atoms with Crippen molar-refractivity contribution in [3.8, 4) is 0 Å². The summed E-state index contributed by atoms with van der Waals surface area (Å²) in [6.45, 7) is 2.71. The Morgan fingerprint density at radius 3 is 2.36 bits per heavy atom. The quantitative estimate of drug-likeness (QED) is 0.606. The largest absolute Gasteiger partial charge is 0.480 e. The molecule has 0 fully saturated rings. The fraction of sp³-hybridized carbons (Fsp3) is 0.800. The molecule has 0 saturated heterocycles. The lowest BCUT2D eigenvalue weighted by Crippen LogP contribution is -2.39. The van der Waals surface area contributed by atoms with E-state index in [1.165, 1.54) is 13.8 Å². The molecule has 0 aliphatic heterocycles. The molecule has 0 aliphatic rings. The van der Waals surface area contributed by atoms with E-state index < -0.39 is 22.0 Å². The van der Waals surface area contributed by atoms with Gasteiger partial charge in [0.2, 0.25) is 10.0 Å². The zero-order valence-corrected chi connectivity index (χ0v) is 7.18. The minimum Gasteiger partial charge on any atom is -0.480 e. The highest BCUT2D eigenvalue weighted by Gasteiger charge is 2.16. The fourth-order valence-corrected chi connectivity index (χ4v) is 1.21. The summed E-state index contributed by atoms with van der Waals surface area (Å²) in [6, 6.07) is -1.06. The molecule has 11 heavy (non-hydrogen) atoms. The van der Waals surface area contributed by atoms with Crippen molar-refractivity contribution in [1.29, 1.82) is 0 Å². The molecule has 1 atom stereocenters. The highest BCUT2D eigenvalue weighted by molar-refractivity contribution is 7.89. The van der Waals surface area contributed by atoms with Gasteiger partial charge < -0.3 is 5.11 Å². The van der Waals surface area contributed by atoms with Crippen LogP contribution in [0.4, 0.5) is 0 Å². The first-order valence-corrected chi connectivity index (χ1v) is 4.77. The molecule has 5 nitrogen and oxygen atoms in total. The number of carboxylic acids is 1. The first kappa shape index (κ1) is 10.4. The smallest absolute Gasteiger partial charge is 0.321 e.